The van der Waals surface area contributed by atoms with Gasteiger partial charge in [-0.3, -0.25) is 19.3 Å². The number of imide groups is 1. The molecule has 1 aliphatic heterocycles. The summed E-state index contributed by atoms with van der Waals surface area (Å²) in [5.74, 6) is 0.401. The van der Waals surface area contributed by atoms with Gasteiger partial charge in [-0.25, -0.2) is 0 Å². The Morgan fingerprint density at radius 3 is 2.50 bits per heavy atom. The number of benzene rings is 1. The van der Waals surface area contributed by atoms with Crippen LogP contribution in [0.3, 0.4) is 0 Å². The molecule has 0 unspecified atom stereocenters. The molecular formula is C22H24N2O4. The average Bonchev–Trinajstić information content (AvgIpc) is 3.30. The molecule has 1 fully saturated rings. The van der Waals surface area contributed by atoms with Crippen molar-refractivity contribution in [3.05, 3.63) is 59.0 Å². The molecular weight excluding hydrogens is 356 g/mol. The highest BCUT2D eigenvalue weighted by Crippen LogP contribution is 2.29. The van der Waals surface area contributed by atoms with Crippen molar-refractivity contribution in [3.63, 3.8) is 0 Å². The van der Waals surface area contributed by atoms with E-state index in [1.807, 2.05) is 7.05 Å². The first-order valence-electron chi connectivity index (χ1n) is 9.75. The van der Waals surface area contributed by atoms with E-state index in [9.17, 15) is 14.4 Å². The molecule has 2 aromatic rings. The second-order valence-corrected chi connectivity index (χ2v) is 7.87. The molecule has 0 N–H and O–H groups in total. The lowest BCUT2D eigenvalue weighted by atomic mass is 9.86. The second-order valence-electron chi connectivity index (χ2n) is 7.87. The number of furan rings is 1. The first-order valence-corrected chi connectivity index (χ1v) is 9.75. The molecule has 146 valence electrons. The molecule has 0 saturated heterocycles. The minimum atomic E-state index is -0.389. The summed E-state index contributed by atoms with van der Waals surface area (Å²) in [5, 5.41) is 0. The van der Waals surface area contributed by atoms with Gasteiger partial charge in [0.15, 0.2) is 0 Å². The van der Waals surface area contributed by atoms with Crippen molar-refractivity contribution in [1.29, 1.82) is 0 Å². The summed E-state index contributed by atoms with van der Waals surface area (Å²) in [5.41, 5.74) is 1.07. The first-order chi connectivity index (χ1) is 13.5. The van der Waals surface area contributed by atoms with E-state index in [-0.39, 0.29) is 35.9 Å². The molecule has 0 radical (unpaired) electrons. The smallest absolute Gasteiger partial charge is 0.261 e. The SMILES string of the molecule is CC1CCC(N(C)C(=O)c2ccc3c(c2)C(=O)N(Cc2ccco2)C3=O)CC1. The largest absolute Gasteiger partial charge is 0.467 e. The Bertz CT molecular complexity index is 911. The Morgan fingerprint density at radius 1 is 1.11 bits per heavy atom. The lowest BCUT2D eigenvalue weighted by Crippen LogP contribution is -2.39. The van der Waals surface area contributed by atoms with Crippen molar-refractivity contribution in [2.24, 2.45) is 5.92 Å². The van der Waals surface area contributed by atoms with Crippen LogP contribution in [0.2, 0.25) is 0 Å². The van der Waals surface area contributed by atoms with Gasteiger partial charge in [0.1, 0.15) is 5.76 Å². The van der Waals surface area contributed by atoms with E-state index in [0.29, 0.717) is 22.8 Å². The number of fused-ring (bicyclic) bond motifs is 1. The van der Waals surface area contributed by atoms with Crippen LogP contribution in [-0.2, 0) is 6.54 Å². The van der Waals surface area contributed by atoms with Crippen molar-refractivity contribution in [2.75, 3.05) is 7.05 Å². The number of rotatable bonds is 4. The highest BCUT2D eigenvalue weighted by atomic mass is 16.3. The predicted octanol–water partition coefficient (Wildman–Crippen LogP) is 3.73. The van der Waals surface area contributed by atoms with Gasteiger partial charge in [0.25, 0.3) is 17.7 Å². The fourth-order valence-electron chi connectivity index (χ4n) is 4.12. The molecule has 1 saturated carbocycles. The highest BCUT2D eigenvalue weighted by Gasteiger charge is 2.37. The summed E-state index contributed by atoms with van der Waals surface area (Å²) in [6, 6.07) is 8.45. The highest BCUT2D eigenvalue weighted by molar-refractivity contribution is 6.22. The van der Waals surface area contributed by atoms with Crippen LogP contribution in [0.25, 0.3) is 0 Å². The lowest BCUT2D eigenvalue weighted by Gasteiger charge is -2.33. The molecule has 3 amide bonds. The van der Waals surface area contributed by atoms with Crippen LogP contribution in [0.1, 0.15) is 69.4 Å². The Labute approximate surface area is 164 Å². The third-order valence-corrected chi connectivity index (χ3v) is 5.97. The Hall–Kier alpha value is -2.89. The zero-order chi connectivity index (χ0) is 19.8. The zero-order valence-corrected chi connectivity index (χ0v) is 16.2. The van der Waals surface area contributed by atoms with Crippen LogP contribution >= 0.6 is 0 Å². The van der Waals surface area contributed by atoms with Gasteiger partial charge in [0.2, 0.25) is 0 Å². The van der Waals surface area contributed by atoms with Crippen LogP contribution in [0.5, 0.6) is 0 Å². The van der Waals surface area contributed by atoms with E-state index in [0.717, 1.165) is 30.6 Å². The van der Waals surface area contributed by atoms with Crippen LogP contribution in [0.15, 0.2) is 41.0 Å². The Morgan fingerprint density at radius 2 is 1.82 bits per heavy atom. The standard InChI is InChI=1S/C22H24N2O4/c1-14-5-8-16(9-6-14)23(2)20(25)15-7-10-18-19(12-15)22(27)24(21(18)26)13-17-4-3-11-28-17/h3-4,7,10-12,14,16H,5-6,8-9,13H2,1-2H3. The number of amides is 3. The number of carbonyl (C=O) groups is 3. The maximum absolute atomic E-state index is 13.0. The van der Waals surface area contributed by atoms with Gasteiger partial charge in [0.05, 0.1) is 23.9 Å². The van der Waals surface area contributed by atoms with Gasteiger partial charge >= 0.3 is 0 Å². The van der Waals surface area contributed by atoms with Crippen molar-refractivity contribution in [3.8, 4) is 0 Å². The molecule has 0 spiro atoms. The van der Waals surface area contributed by atoms with E-state index in [2.05, 4.69) is 6.92 Å². The Kier molecular flexibility index (Phi) is 4.79. The molecule has 6 nitrogen and oxygen atoms in total. The topological polar surface area (TPSA) is 70.8 Å². The summed E-state index contributed by atoms with van der Waals surface area (Å²) in [6.45, 7) is 2.33. The fraction of sp³-hybridized carbons (Fsp3) is 0.409. The normalized spacial score (nSPS) is 21.7. The monoisotopic (exact) mass is 380 g/mol. The third kappa shape index (κ3) is 3.23. The molecule has 0 bridgehead atoms. The number of hydrogen-bond acceptors (Lipinski definition) is 4. The van der Waals surface area contributed by atoms with E-state index >= 15 is 0 Å². The van der Waals surface area contributed by atoms with Crippen molar-refractivity contribution >= 4 is 17.7 Å². The van der Waals surface area contributed by atoms with Crippen molar-refractivity contribution in [2.45, 2.75) is 45.2 Å². The number of carbonyl (C=O) groups excluding carboxylic acids is 3. The summed E-state index contributed by atoms with van der Waals surface area (Å²) in [6.07, 6.45) is 5.76. The van der Waals surface area contributed by atoms with Gasteiger partial charge in [0, 0.05) is 18.7 Å². The quantitative estimate of drug-likeness (QED) is 0.758. The van der Waals surface area contributed by atoms with Crippen LogP contribution in [0, 0.1) is 5.92 Å². The third-order valence-electron chi connectivity index (χ3n) is 5.97. The number of hydrogen-bond donors (Lipinski definition) is 0. The minimum Gasteiger partial charge on any atom is -0.467 e. The Balaban J connectivity index is 1.53. The summed E-state index contributed by atoms with van der Waals surface area (Å²) in [7, 11) is 1.83. The van der Waals surface area contributed by atoms with Crippen LogP contribution < -0.4 is 0 Å². The molecule has 1 aromatic carbocycles. The van der Waals surface area contributed by atoms with E-state index in [1.54, 1.807) is 35.2 Å². The van der Waals surface area contributed by atoms with Gasteiger partial charge in [-0.05, 0) is 61.9 Å². The summed E-state index contributed by atoms with van der Waals surface area (Å²) < 4.78 is 5.25. The van der Waals surface area contributed by atoms with Crippen LogP contribution in [0.4, 0.5) is 0 Å². The maximum atomic E-state index is 13.0. The van der Waals surface area contributed by atoms with Crippen molar-refractivity contribution in [1.82, 2.24) is 9.80 Å². The first kappa shape index (κ1) is 18.5. The molecule has 1 aliphatic carbocycles. The summed E-state index contributed by atoms with van der Waals surface area (Å²) in [4.78, 5) is 41.2. The van der Waals surface area contributed by atoms with Gasteiger partial charge < -0.3 is 9.32 Å². The molecule has 2 heterocycles. The van der Waals surface area contributed by atoms with Crippen LogP contribution in [-0.4, -0.2) is 40.6 Å². The molecule has 6 heteroatoms. The van der Waals surface area contributed by atoms with Gasteiger partial charge in [-0.2, -0.15) is 0 Å². The van der Waals surface area contributed by atoms with E-state index in [4.69, 9.17) is 4.42 Å². The molecule has 1 aromatic heterocycles. The fourth-order valence-corrected chi connectivity index (χ4v) is 4.12. The molecule has 2 aliphatic rings. The van der Waals surface area contributed by atoms with Crippen molar-refractivity contribution < 1.29 is 18.8 Å². The lowest BCUT2D eigenvalue weighted by molar-refractivity contribution is 0.0630. The maximum Gasteiger partial charge on any atom is 0.261 e. The van der Waals surface area contributed by atoms with E-state index < -0.39 is 0 Å². The predicted molar refractivity (Wildman–Crippen MR) is 103 cm³/mol. The molecule has 28 heavy (non-hydrogen) atoms. The summed E-state index contributed by atoms with van der Waals surface area (Å²) >= 11 is 0. The minimum absolute atomic E-state index is 0.0861. The number of nitrogens with zero attached hydrogens (tertiary/aromatic N) is 2. The van der Waals surface area contributed by atoms with E-state index in [1.165, 1.54) is 6.26 Å². The average molecular weight is 380 g/mol. The molecule has 0 atom stereocenters. The van der Waals surface area contributed by atoms with Gasteiger partial charge in [-0.1, -0.05) is 6.92 Å². The second kappa shape index (κ2) is 7.26. The zero-order valence-electron chi connectivity index (χ0n) is 16.2. The molecule has 4 rings (SSSR count). The van der Waals surface area contributed by atoms with Gasteiger partial charge in [-0.15, -0.1) is 0 Å².